The number of benzene rings is 1. The standard InChI is InChI=1S/C13H13NO2/c1-14(11-9-12(15)13(11)16)8-7-10-5-3-2-4-6-10/h2-6,9H,7-8H2,1H3. The van der Waals surface area contributed by atoms with Crippen LogP contribution in [0.3, 0.4) is 0 Å². The first-order valence-corrected chi connectivity index (χ1v) is 5.24. The minimum Gasteiger partial charge on any atom is -0.371 e. The third-order valence-electron chi connectivity index (χ3n) is 2.71. The molecule has 0 spiro atoms. The van der Waals surface area contributed by atoms with Crippen molar-refractivity contribution in [1.82, 2.24) is 0 Å². The lowest BCUT2D eigenvalue weighted by atomic mass is 10.1. The van der Waals surface area contributed by atoms with Gasteiger partial charge in [-0.25, -0.2) is 0 Å². The number of nitrogens with zero attached hydrogens (tertiary/aromatic N) is 1. The summed E-state index contributed by atoms with van der Waals surface area (Å²) in [4.78, 5) is 23.8. The van der Waals surface area contributed by atoms with E-state index in [9.17, 15) is 9.59 Å². The van der Waals surface area contributed by atoms with E-state index in [0.717, 1.165) is 13.0 Å². The van der Waals surface area contributed by atoms with Gasteiger partial charge in [-0.2, -0.15) is 0 Å². The molecule has 0 heterocycles. The lowest BCUT2D eigenvalue weighted by molar-refractivity contribution is 0.867. The number of rotatable bonds is 4. The van der Waals surface area contributed by atoms with Gasteiger partial charge >= 0.3 is 0 Å². The molecule has 0 unspecified atom stereocenters. The third kappa shape index (κ3) is 2.03. The monoisotopic (exact) mass is 215 g/mol. The molecule has 0 amide bonds. The van der Waals surface area contributed by atoms with Crippen LogP contribution in [0, 0.1) is 0 Å². The smallest absolute Gasteiger partial charge is 0.249 e. The number of hydrogen-bond donors (Lipinski definition) is 0. The summed E-state index contributed by atoms with van der Waals surface area (Å²) in [6.07, 6.45) is 0.871. The first-order valence-electron chi connectivity index (χ1n) is 5.24. The molecule has 2 aromatic carbocycles. The van der Waals surface area contributed by atoms with Crippen LogP contribution in [0.5, 0.6) is 0 Å². The zero-order valence-corrected chi connectivity index (χ0v) is 9.14. The molecule has 0 aliphatic carbocycles. The molecule has 3 nitrogen and oxygen atoms in total. The zero-order valence-electron chi connectivity index (χ0n) is 9.14. The summed E-state index contributed by atoms with van der Waals surface area (Å²) >= 11 is 0. The van der Waals surface area contributed by atoms with Gasteiger partial charge in [-0.05, 0) is 12.0 Å². The second-order valence-electron chi connectivity index (χ2n) is 3.88. The summed E-state index contributed by atoms with van der Waals surface area (Å²) in [5.41, 5.74) is 1.01. The first-order chi connectivity index (χ1) is 7.68. The van der Waals surface area contributed by atoms with Gasteiger partial charge in [-0.1, -0.05) is 30.3 Å². The molecular formula is C13H13NO2. The van der Waals surface area contributed by atoms with Gasteiger partial charge in [-0.3, -0.25) is 9.59 Å². The maximum atomic E-state index is 11.2. The third-order valence-corrected chi connectivity index (χ3v) is 2.71. The molecule has 0 aromatic heterocycles. The van der Waals surface area contributed by atoms with Crippen LogP contribution in [0.2, 0.25) is 0 Å². The van der Waals surface area contributed by atoms with E-state index in [1.54, 1.807) is 0 Å². The van der Waals surface area contributed by atoms with Crippen molar-refractivity contribution in [3.05, 3.63) is 62.4 Å². The van der Waals surface area contributed by atoms with Gasteiger partial charge < -0.3 is 4.90 Å². The van der Waals surface area contributed by atoms with Crippen molar-refractivity contribution in [3.63, 3.8) is 0 Å². The second-order valence-corrected chi connectivity index (χ2v) is 3.88. The predicted molar refractivity (Wildman–Crippen MR) is 64.8 cm³/mol. The van der Waals surface area contributed by atoms with Crippen LogP contribution in [-0.2, 0) is 6.42 Å². The molecule has 0 saturated carbocycles. The fraction of sp³-hybridized carbons (Fsp3) is 0.231. The highest BCUT2D eigenvalue weighted by molar-refractivity contribution is 5.49. The number of anilines is 1. The lowest BCUT2D eigenvalue weighted by Crippen LogP contribution is -2.38. The van der Waals surface area contributed by atoms with Gasteiger partial charge in [0.05, 0.1) is 5.69 Å². The Bertz CT molecular complexity index is 538. The second kappa shape index (κ2) is 4.31. The van der Waals surface area contributed by atoms with Crippen LogP contribution in [0.1, 0.15) is 5.56 Å². The quantitative estimate of drug-likeness (QED) is 0.713. The van der Waals surface area contributed by atoms with Crippen molar-refractivity contribution in [2.24, 2.45) is 0 Å². The number of hydrogen-bond acceptors (Lipinski definition) is 3. The van der Waals surface area contributed by atoms with Gasteiger partial charge in [-0.15, -0.1) is 0 Å². The molecule has 0 N–H and O–H groups in total. The van der Waals surface area contributed by atoms with Crippen LogP contribution in [0.25, 0.3) is 0 Å². The van der Waals surface area contributed by atoms with Crippen LogP contribution in [0.15, 0.2) is 46.0 Å². The van der Waals surface area contributed by atoms with E-state index in [-0.39, 0.29) is 10.9 Å². The Kier molecular flexibility index (Phi) is 2.86. The zero-order chi connectivity index (χ0) is 11.5. The van der Waals surface area contributed by atoms with Crippen molar-refractivity contribution in [1.29, 1.82) is 0 Å². The van der Waals surface area contributed by atoms with Crippen molar-refractivity contribution < 1.29 is 0 Å². The largest absolute Gasteiger partial charge is 0.371 e. The minimum absolute atomic E-state index is 0.365. The van der Waals surface area contributed by atoms with Crippen LogP contribution in [-0.4, -0.2) is 13.6 Å². The first kappa shape index (κ1) is 10.6. The van der Waals surface area contributed by atoms with E-state index in [1.165, 1.54) is 11.6 Å². The van der Waals surface area contributed by atoms with E-state index < -0.39 is 0 Å². The molecule has 2 aromatic rings. The molecule has 0 bridgehead atoms. The normalized spacial score (nSPS) is 10.6. The highest BCUT2D eigenvalue weighted by Gasteiger charge is 2.13. The number of likely N-dealkylation sites (N-methyl/N-ethyl adjacent to an activating group) is 1. The Hall–Kier alpha value is -1.90. The molecule has 0 radical (unpaired) electrons. The Morgan fingerprint density at radius 3 is 2.38 bits per heavy atom. The topological polar surface area (TPSA) is 37.4 Å². The Morgan fingerprint density at radius 1 is 1.12 bits per heavy atom. The van der Waals surface area contributed by atoms with E-state index in [0.29, 0.717) is 5.69 Å². The summed E-state index contributed by atoms with van der Waals surface area (Å²) < 4.78 is 0. The van der Waals surface area contributed by atoms with E-state index in [4.69, 9.17) is 0 Å². The highest BCUT2D eigenvalue weighted by atomic mass is 16.2. The van der Waals surface area contributed by atoms with Crippen LogP contribution < -0.4 is 15.8 Å². The highest BCUT2D eigenvalue weighted by Crippen LogP contribution is 2.06. The summed E-state index contributed by atoms with van der Waals surface area (Å²) in [5, 5.41) is 0. The van der Waals surface area contributed by atoms with E-state index in [1.807, 2.05) is 30.1 Å². The fourth-order valence-corrected chi connectivity index (χ4v) is 1.65. The Morgan fingerprint density at radius 2 is 1.81 bits per heavy atom. The van der Waals surface area contributed by atoms with Crippen LogP contribution >= 0.6 is 0 Å². The maximum absolute atomic E-state index is 11.2. The summed E-state index contributed by atoms with van der Waals surface area (Å²) in [6, 6.07) is 11.5. The van der Waals surface area contributed by atoms with E-state index >= 15 is 0 Å². The predicted octanol–water partition coefficient (Wildman–Crippen LogP) is 0.961. The SMILES string of the molecule is CN(CCc1ccccc1)c1cc(=O)c1=O. The maximum Gasteiger partial charge on any atom is 0.249 e. The molecule has 3 heteroatoms. The molecular weight excluding hydrogens is 202 g/mol. The average molecular weight is 215 g/mol. The van der Waals surface area contributed by atoms with Crippen molar-refractivity contribution >= 4 is 5.69 Å². The van der Waals surface area contributed by atoms with Gasteiger partial charge in [0, 0.05) is 19.7 Å². The molecule has 2 rings (SSSR count). The Balaban J connectivity index is 1.95. The molecule has 0 aliphatic heterocycles. The molecule has 0 atom stereocenters. The molecule has 82 valence electrons. The van der Waals surface area contributed by atoms with Gasteiger partial charge in [0.1, 0.15) is 0 Å². The molecule has 0 aliphatic rings. The summed E-state index contributed by atoms with van der Waals surface area (Å²) in [5.74, 6) is 0. The summed E-state index contributed by atoms with van der Waals surface area (Å²) in [6.45, 7) is 0.745. The van der Waals surface area contributed by atoms with Crippen molar-refractivity contribution in [2.75, 3.05) is 18.5 Å². The average Bonchev–Trinajstić information content (AvgIpc) is 2.33. The lowest BCUT2D eigenvalue weighted by Gasteiger charge is -2.19. The molecule has 16 heavy (non-hydrogen) atoms. The van der Waals surface area contributed by atoms with E-state index in [2.05, 4.69) is 12.1 Å². The van der Waals surface area contributed by atoms with Gasteiger partial charge in [0.15, 0.2) is 0 Å². The Labute approximate surface area is 93.6 Å². The van der Waals surface area contributed by atoms with Gasteiger partial charge in [0.2, 0.25) is 10.9 Å². The minimum atomic E-state index is -0.387. The van der Waals surface area contributed by atoms with Crippen molar-refractivity contribution in [3.8, 4) is 0 Å². The summed E-state index contributed by atoms with van der Waals surface area (Å²) in [7, 11) is 1.83. The molecule has 0 saturated heterocycles. The van der Waals surface area contributed by atoms with Crippen LogP contribution in [0.4, 0.5) is 5.69 Å². The fourth-order valence-electron chi connectivity index (χ4n) is 1.65. The van der Waals surface area contributed by atoms with Gasteiger partial charge in [0.25, 0.3) is 0 Å². The molecule has 0 fully saturated rings. The van der Waals surface area contributed by atoms with Crippen molar-refractivity contribution in [2.45, 2.75) is 6.42 Å².